The zero-order chi connectivity index (χ0) is 22.9. The fourth-order valence-electron chi connectivity index (χ4n) is 4.64. The lowest BCUT2D eigenvalue weighted by atomic mass is 9.99. The second-order valence-electron chi connectivity index (χ2n) is 9.17. The van der Waals surface area contributed by atoms with Crippen LogP contribution in [0.3, 0.4) is 0 Å². The smallest absolute Gasteiger partial charge is 0.137 e. The fraction of sp³-hybridized carbons (Fsp3) is 0.276. The molecule has 0 unspecified atom stereocenters. The molecule has 5 nitrogen and oxygen atoms in total. The number of rotatable bonds is 6. The summed E-state index contributed by atoms with van der Waals surface area (Å²) < 4.78 is 11.4. The number of benzene rings is 3. The Hall–Kier alpha value is -3.75. The first kappa shape index (κ1) is 20.8. The van der Waals surface area contributed by atoms with Crippen LogP contribution in [-0.2, 0) is 4.74 Å². The Morgan fingerprint density at radius 2 is 1.76 bits per heavy atom. The van der Waals surface area contributed by atoms with Crippen LogP contribution in [0.2, 0.25) is 0 Å². The van der Waals surface area contributed by atoms with Crippen molar-refractivity contribution < 1.29 is 9.47 Å². The number of aromatic amines is 1. The molecule has 34 heavy (non-hydrogen) atoms. The molecule has 1 aromatic heterocycles. The number of nitrogens with one attached hydrogen (secondary N) is 1. The molecule has 2 heterocycles. The van der Waals surface area contributed by atoms with Crippen molar-refractivity contribution >= 4 is 16.6 Å². The fourth-order valence-corrected chi connectivity index (χ4v) is 4.64. The van der Waals surface area contributed by atoms with Gasteiger partial charge in [0.1, 0.15) is 11.8 Å². The zero-order valence-electron chi connectivity index (χ0n) is 19.1. The Balaban J connectivity index is 1.30. The van der Waals surface area contributed by atoms with Crippen LogP contribution in [0.1, 0.15) is 18.4 Å². The van der Waals surface area contributed by atoms with Gasteiger partial charge >= 0.3 is 0 Å². The number of hydrogen-bond acceptors (Lipinski definition) is 4. The summed E-state index contributed by atoms with van der Waals surface area (Å²) in [5.41, 5.74) is 7.27. The number of H-pyrrole nitrogens is 1. The molecule has 2 fully saturated rings. The molecule has 2 aliphatic rings. The minimum Gasteiger partial charge on any atom is -0.492 e. The van der Waals surface area contributed by atoms with Gasteiger partial charge in [-0.1, -0.05) is 30.3 Å². The van der Waals surface area contributed by atoms with Gasteiger partial charge in [0.05, 0.1) is 25.4 Å². The topological polar surface area (TPSA) is 61.3 Å². The Bertz CT molecular complexity index is 1360. The second-order valence-corrected chi connectivity index (χ2v) is 9.17. The maximum atomic E-state index is 9.71. The lowest BCUT2D eigenvalue weighted by molar-refractivity contribution is 0.122. The van der Waals surface area contributed by atoms with E-state index in [0.717, 1.165) is 59.6 Å². The van der Waals surface area contributed by atoms with Gasteiger partial charge in [0.25, 0.3) is 0 Å². The number of aromatic nitrogens is 1. The normalized spacial score (nSPS) is 15.9. The number of hydrogen-bond donors (Lipinski definition) is 1. The molecular formula is C29H27N3O2. The van der Waals surface area contributed by atoms with Crippen LogP contribution in [0.4, 0.5) is 5.69 Å². The molecule has 1 saturated carbocycles. The molecule has 0 radical (unpaired) electrons. The lowest BCUT2D eigenvalue weighted by Gasteiger charge is -2.28. The molecule has 0 atom stereocenters. The van der Waals surface area contributed by atoms with Gasteiger partial charge in [-0.15, -0.1) is 0 Å². The highest BCUT2D eigenvalue weighted by molar-refractivity contribution is 5.98. The van der Waals surface area contributed by atoms with Crippen LogP contribution >= 0.6 is 0 Å². The molecule has 1 N–H and O–H groups in total. The van der Waals surface area contributed by atoms with Crippen molar-refractivity contribution in [2.24, 2.45) is 5.92 Å². The Morgan fingerprint density at radius 3 is 2.53 bits per heavy atom. The molecule has 1 aliphatic heterocycles. The zero-order valence-corrected chi connectivity index (χ0v) is 19.1. The largest absolute Gasteiger partial charge is 0.492 e. The Labute approximate surface area is 199 Å². The van der Waals surface area contributed by atoms with E-state index in [1.165, 1.54) is 18.5 Å². The van der Waals surface area contributed by atoms with Gasteiger partial charge in [0.2, 0.25) is 0 Å². The van der Waals surface area contributed by atoms with Crippen molar-refractivity contribution in [3.8, 4) is 34.2 Å². The van der Waals surface area contributed by atoms with Gasteiger partial charge in [-0.3, -0.25) is 0 Å². The van der Waals surface area contributed by atoms with E-state index in [4.69, 9.17) is 9.47 Å². The minimum absolute atomic E-state index is 0.588. The van der Waals surface area contributed by atoms with Crippen molar-refractivity contribution in [1.82, 2.24) is 4.98 Å². The first-order valence-corrected chi connectivity index (χ1v) is 12.0. The highest BCUT2D eigenvalue weighted by Crippen LogP contribution is 2.35. The van der Waals surface area contributed by atoms with E-state index in [9.17, 15) is 5.26 Å². The summed E-state index contributed by atoms with van der Waals surface area (Å²) in [6, 6.07) is 25.5. The molecule has 1 saturated heterocycles. The number of ether oxygens (including phenoxy) is 2. The van der Waals surface area contributed by atoms with Crippen LogP contribution < -0.4 is 9.64 Å². The molecule has 0 amide bonds. The van der Waals surface area contributed by atoms with Gasteiger partial charge in [-0.05, 0) is 71.8 Å². The second kappa shape index (κ2) is 8.89. The van der Waals surface area contributed by atoms with Gasteiger partial charge < -0.3 is 19.4 Å². The molecule has 5 heteroatoms. The van der Waals surface area contributed by atoms with Crippen LogP contribution in [0.25, 0.3) is 33.3 Å². The van der Waals surface area contributed by atoms with Crippen LogP contribution in [-0.4, -0.2) is 37.9 Å². The van der Waals surface area contributed by atoms with E-state index in [0.29, 0.717) is 23.8 Å². The third kappa shape index (κ3) is 4.13. The van der Waals surface area contributed by atoms with Crippen molar-refractivity contribution in [1.29, 1.82) is 5.26 Å². The summed E-state index contributed by atoms with van der Waals surface area (Å²) in [4.78, 5) is 5.94. The van der Waals surface area contributed by atoms with Gasteiger partial charge in [0.15, 0.2) is 0 Å². The molecule has 170 valence electrons. The highest BCUT2D eigenvalue weighted by Gasteiger charge is 2.22. The molecule has 3 aromatic carbocycles. The summed E-state index contributed by atoms with van der Waals surface area (Å²) in [6.45, 7) is 4.14. The van der Waals surface area contributed by atoms with Crippen LogP contribution in [0.15, 0.2) is 66.7 Å². The van der Waals surface area contributed by atoms with E-state index in [1.807, 2.05) is 12.1 Å². The number of nitrogens with zero attached hydrogens (tertiary/aromatic N) is 2. The van der Waals surface area contributed by atoms with Crippen molar-refractivity contribution in [2.45, 2.75) is 12.8 Å². The van der Waals surface area contributed by atoms with Crippen molar-refractivity contribution in [3.05, 3.63) is 72.3 Å². The van der Waals surface area contributed by atoms with E-state index in [2.05, 4.69) is 70.6 Å². The molecule has 0 bridgehead atoms. The number of anilines is 1. The summed E-state index contributed by atoms with van der Waals surface area (Å²) in [5.74, 6) is 1.33. The summed E-state index contributed by atoms with van der Waals surface area (Å²) in [5, 5.41) is 10.9. The maximum Gasteiger partial charge on any atom is 0.137 e. The standard InChI is InChI=1S/C29H27N3O2/c30-18-23-16-22(8-11-29(23)34-19-20-4-5-20)25-2-1-3-27-26(25)17-28(31-27)21-6-9-24(10-7-21)32-12-14-33-15-13-32/h1-3,6-11,16-17,20,31H,4-5,12-15,19H2. The summed E-state index contributed by atoms with van der Waals surface area (Å²) in [6.07, 6.45) is 2.46. The summed E-state index contributed by atoms with van der Waals surface area (Å²) in [7, 11) is 0. The highest BCUT2D eigenvalue weighted by atomic mass is 16.5. The van der Waals surface area contributed by atoms with Crippen molar-refractivity contribution in [2.75, 3.05) is 37.8 Å². The average Bonchev–Trinajstić information content (AvgIpc) is 3.63. The Kier molecular flexibility index (Phi) is 5.44. The minimum atomic E-state index is 0.588. The van der Waals surface area contributed by atoms with Crippen molar-refractivity contribution in [3.63, 3.8) is 0 Å². The number of nitriles is 1. The summed E-state index contributed by atoms with van der Waals surface area (Å²) >= 11 is 0. The molecule has 1 aliphatic carbocycles. The van der Waals surface area contributed by atoms with E-state index in [-0.39, 0.29) is 0 Å². The van der Waals surface area contributed by atoms with E-state index < -0.39 is 0 Å². The predicted octanol–water partition coefficient (Wildman–Crippen LogP) is 6.00. The third-order valence-corrected chi connectivity index (χ3v) is 6.80. The van der Waals surface area contributed by atoms with Gasteiger partial charge in [-0.25, -0.2) is 0 Å². The Morgan fingerprint density at radius 1 is 0.971 bits per heavy atom. The first-order valence-electron chi connectivity index (χ1n) is 12.0. The van der Waals surface area contributed by atoms with Gasteiger partial charge in [0, 0.05) is 35.4 Å². The number of fused-ring (bicyclic) bond motifs is 1. The molecular weight excluding hydrogens is 422 g/mol. The third-order valence-electron chi connectivity index (χ3n) is 6.80. The SMILES string of the molecule is N#Cc1cc(-c2cccc3[nH]c(-c4ccc(N5CCOCC5)cc4)cc23)ccc1OCC1CC1. The molecule has 4 aromatic rings. The monoisotopic (exact) mass is 449 g/mol. The van der Waals surface area contributed by atoms with E-state index in [1.54, 1.807) is 0 Å². The van der Waals surface area contributed by atoms with Gasteiger partial charge in [-0.2, -0.15) is 5.26 Å². The molecule has 6 rings (SSSR count). The number of morpholine rings is 1. The molecule has 0 spiro atoms. The van der Waals surface area contributed by atoms with Crippen LogP contribution in [0.5, 0.6) is 5.75 Å². The maximum absolute atomic E-state index is 9.71. The first-order chi connectivity index (χ1) is 16.8. The average molecular weight is 450 g/mol. The quantitative estimate of drug-likeness (QED) is 0.392. The van der Waals surface area contributed by atoms with Crippen LogP contribution in [0, 0.1) is 17.2 Å². The van der Waals surface area contributed by atoms with E-state index >= 15 is 0 Å². The lowest BCUT2D eigenvalue weighted by Crippen LogP contribution is -2.36. The predicted molar refractivity (Wildman–Crippen MR) is 135 cm³/mol.